The molecule has 10 heteroatoms. The van der Waals surface area contributed by atoms with E-state index in [0.717, 1.165) is 16.9 Å². The minimum atomic E-state index is -4.97. The summed E-state index contributed by atoms with van der Waals surface area (Å²) in [5, 5.41) is 10.1. The first-order valence-electron chi connectivity index (χ1n) is 10.8. The fourth-order valence-electron chi connectivity index (χ4n) is 5.06. The second kappa shape index (κ2) is 8.18. The number of benzene rings is 2. The van der Waals surface area contributed by atoms with Crippen LogP contribution in [0.5, 0.6) is 0 Å². The molecule has 0 aromatic heterocycles. The first kappa shape index (κ1) is 24.4. The van der Waals surface area contributed by atoms with Crippen molar-refractivity contribution in [1.82, 2.24) is 9.80 Å². The summed E-state index contributed by atoms with van der Waals surface area (Å²) < 4.78 is 79.8. The molecule has 0 radical (unpaired) electrons. The maximum atomic E-state index is 13.5. The van der Waals surface area contributed by atoms with E-state index in [1.807, 2.05) is 30.3 Å². The predicted octanol–water partition coefficient (Wildman–Crippen LogP) is 5.89. The van der Waals surface area contributed by atoms with Crippen molar-refractivity contribution >= 4 is 6.03 Å². The summed E-state index contributed by atoms with van der Waals surface area (Å²) >= 11 is 0. The van der Waals surface area contributed by atoms with Gasteiger partial charge in [0.15, 0.2) is 0 Å². The third-order valence-electron chi connectivity index (χ3n) is 7.18. The van der Waals surface area contributed by atoms with E-state index in [1.54, 1.807) is 4.90 Å². The second-order valence-electron chi connectivity index (χ2n) is 9.17. The van der Waals surface area contributed by atoms with E-state index in [0.29, 0.717) is 18.7 Å². The van der Waals surface area contributed by atoms with Gasteiger partial charge in [0.25, 0.3) is 0 Å². The maximum Gasteiger partial charge on any atom is 0.416 e. The summed E-state index contributed by atoms with van der Waals surface area (Å²) in [6.07, 6.45) is -9.20. The largest absolute Gasteiger partial charge is 0.416 e. The number of hydrogen-bond acceptors (Lipinski definition) is 2. The average molecular weight is 486 g/mol. The second-order valence-corrected chi connectivity index (χ2v) is 9.17. The lowest BCUT2D eigenvalue weighted by Gasteiger charge is -2.37. The number of aliphatic hydroxyl groups is 1. The Morgan fingerprint density at radius 3 is 2.15 bits per heavy atom. The summed E-state index contributed by atoms with van der Waals surface area (Å²) in [6.45, 7) is 1.62. The lowest BCUT2D eigenvalue weighted by atomic mass is 9.90. The Morgan fingerprint density at radius 2 is 1.65 bits per heavy atom. The summed E-state index contributed by atoms with van der Waals surface area (Å²) in [6, 6.07) is 8.48. The van der Waals surface area contributed by atoms with Gasteiger partial charge in [0.2, 0.25) is 0 Å². The number of carbonyl (C=O) groups excluding carboxylic acids is 1. The first-order chi connectivity index (χ1) is 15.8. The van der Waals surface area contributed by atoms with E-state index in [4.69, 9.17) is 0 Å². The molecule has 34 heavy (non-hydrogen) atoms. The fourth-order valence-corrected chi connectivity index (χ4v) is 5.06. The van der Waals surface area contributed by atoms with E-state index in [9.17, 15) is 36.2 Å². The number of rotatable bonds is 4. The number of urea groups is 1. The van der Waals surface area contributed by atoms with Gasteiger partial charge < -0.3 is 14.9 Å². The highest BCUT2D eigenvalue weighted by Gasteiger charge is 2.67. The molecule has 1 aliphatic heterocycles. The molecular formula is C24H24F6N2O2. The zero-order valence-electron chi connectivity index (χ0n) is 18.5. The molecule has 1 saturated carbocycles. The molecule has 1 heterocycles. The Hall–Kier alpha value is -2.75. The van der Waals surface area contributed by atoms with Gasteiger partial charge in [0.1, 0.15) is 0 Å². The van der Waals surface area contributed by atoms with Crippen molar-refractivity contribution in [3.63, 3.8) is 0 Å². The van der Waals surface area contributed by atoms with Crippen LogP contribution in [0.15, 0.2) is 48.5 Å². The van der Waals surface area contributed by atoms with Crippen LogP contribution in [0.3, 0.4) is 0 Å². The van der Waals surface area contributed by atoms with Gasteiger partial charge >= 0.3 is 18.4 Å². The van der Waals surface area contributed by atoms with Gasteiger partial charge in [-0.05, 0) is 48.6 Å². The average Bonchev–Trinajstić information content (AvgIpc) is 3.40. The molecule has 0 bridgehead atoms. The molecule has 4 atom stereocenters. The molecule has 4 nitrogen and oxygen atoms in total. The molecule has 2 aliphatic rings. The van der Waals surface area contributed by atoms with Gasteiger partial charge in [-0.25, -0.2) is 4.79 Å². The topological polar surface area (TPSA) is 43.8 Å². The standard InChI is InChI=1S/C24H24F6N2O2/c1-14(16-8-17(23(25,26)27)10-18(9-16)24(28,29)30)31(2)21(34)32-12-19-11-22(19,13-33)20(32)15-6-4-3-5-7-15/h3-10,14,19-20,33H,11-13H2,1-2H3/t14-,19?,20?,22?/m1/s1. The van der Waals surface area contributed by atoms with Crippen LogP contribution in [0.25, 0.3) is 0 Å². The molecule has 3 unspecified atom stereocenters. The van der Waals surface area contributed by atoms with E-state index >= 15 is 0 Å². The maximum absolute atomic E-state index is 13.5. The number of aliphatic hydroxyl groups excluding tert-OH is 1. The van der Waals surface area contributed by atoms with Crippen molar-refractivity contribution in [2.45, 2.75) is 37.8 Å². The number of hydrogen-bond donors (Lipinski definition) is 1. The van der Waals surface area contributed by atoms with Gasteiger partial charge in [-0.2, -0.15) is 26.3 Å². The number of piperidine rings is 1. The van der Waals surface area contributed by atoms with Crippen LogP contribution in [0.2, 0.25) is 0 Å². The summed E-state index contributed by atoms with van der Waals surface area (Å²) in [5.41, 5.74) is -2.77. The third kappa shape index (κ3) is 4.12. The minimum absolute atomic E-state index is 0.0719. The van der Waals surface area contributed by atoms with Gasteiger partial charge in [0, 0.05) is 19.0 Å². The van der Waals surface area contributed by atoms with Crippen LogP contribution in [-0.2, 0) is 12.4 Å². The Kier molecular flexibility index (Phi) is 5.86. The van der Waals surface area contributed by atoms with E-state index in [-0.39, 0.29) is 24.2 Å². The van der Waals surface area contributed by atoms with Gasteiger partial charge in [0.05, 0.1) is 29.8 Å². The van der Waals surface area contributed by atoms with Crippen LogP contribution in [0.1, 0.15) is 47.7 Å². The van der Waals surface area contributed by atoms with Crippen molar-refractivity contribution in [2.75, 3.05) is 20.2 Å². The molecule has 2 fully saturated rings. The molecule has 1 aliphatic carbocycles. The number of amides is 2. The van der Waals surface area contributed by atoms with E-state index < -0.39 is 47.0 Å². The highest BCUT2D eigenvalue weighted by molar-refractivity contribution is 5.76. The number of fused-ring (bicyclic) bond motifs is 1. The first-order valence-corrected chi connectivity index (χ1v) is 10.8. The molecule has 184 valence electrons. The molecular weight excluding hydrogens is 462 g/mol. The van der Waals surface area contributed by atoms with Gasteiger partial charge in [-0.1, -0.05) is 30.3 Å². The van der Waals surface area contributed by atoms with E-state index in [2.05, 4.69) is 0 Å². The highest BCUT2D eigenvalue weighted by atomic mass is 19.4. The quantitative estimate of drug-likeness (QED) is 0.548. The molecule has 0 spiro atoms. The SMILES string of the molecule is C[C@H](c1cc(C(F)(F)F)cc(C(F)(F)F)c1)N(C)C(=O)N1CC2CC2(CO)C1c1ccccc1. The monoisotopic (exact) mass is 486 g/mol. The van der Waals surface area contributed by atoms with Crippen molar-refractivity contribution in [2.24, 2.45) is 11.3 Å². The molecule has 2 aromatic rings. The predicted molar refractivity (Wildman–Crippen MR) is 112 cm³/mol. The van der Waals surface area contributed by atoms with Crippen LogP contribution >= 0.6 is 0 Å². The molecule has 2 aromatic carbocycles. The number of nitrogens with zero attached hydrogens (tertiary/aromatic N) is 2. The fraction of sp³-hybridized carbons (Fsp3) is 0.458. The molecule has 1 N–H and O–H groups in total. The zero-order chi connectivity index (χ0) is 25.1. The lowest BCUT2D eigenvalue weighted by molar-refractivity contribution is -0.143. The molecule has 2 amide bonds. The zero-order valence-corrected chi connectivity index (χ0v) is 18.5. The van der Waals surface area contributed by atoms with E-state index in [1.165, 1.54) is 14.0 Å². The van der Waals surface area contributed by atoms with Crippen molar-refractivity contribution in [1.29, 1.82) is 0 Å². The summed E-state index contributed by atoms with van der Waals surface area (Å²) in [7, 11) is 1.36. The van der Waals surface area contributed by atoms with Crippen LogP contribution in [-0.4, -0.2) is 41.1 Å². The van der Waals surface area contributed by atoms with Crippen LogP contribution < -0.4 is 0 Å². The minimum Gasteiger partial charge on any atom is -0.396 e. The molecule has 4 rings (SSSR count). The summed E-state index contributed by atoms with van der Waals surface area (Å²) in [5.74, 6) is 0.0840. The number of carbonyl (C=O) groups is 1. The number of halogens is 6. The van der Waals surface area contributed by atoms with Crippen LogP contribution in [0, 0.1) is 11.3 Å². The van der Waals surface area contributed by atoms with Gasteiger partial charge in [-0.3, -0.25) is 0 Å². The Balaban J connectivity index is 1.66. The molecule has 1 saturated heterocycles. The smallest absolute Gasteiger partial charge is 0.396 e. The van der Waals surface area contributed by atoms with Crippen LogP contribution in [0.4, 0.5) is 31.1 Å². The van der Waals surface area contributed by atoms with Crippen molar-refractivity contribution < 1.29 is 36.2 Å². The van der Waals surface area contributed by atoms with Gasteiger partial charge in [-0.15, -0.1) is 0 Å². The Labute approximate surface area is 192 Å². The number of likely N-dealkylation sites (tertiary alicyclic amines) is 1. The lowest BCUT2D eigenvalue weighted by Crippen LogP contribution is -2.44. The normalized spacial score (nSPS) is 25.1. The Bertz CT molecular complexity index is 1040. The van der Waals surface area contributed by atoms with Crippen molar-refractivity contribution in [3.8, 4) is 0 Å². The third-order valence-corrected chi connectivity index (χ3v) is 7.18. The highest BCUT2D eigenvalue weighted by Crippen LogP contribution is 2.67. The Morgan fingerprint density at radius 1 is 1.09 bits per heavy atom. The summed E-state index contributed by atoms with van der Waals surface area (Å²) in [4.78, 5) is 16.2. The van der Waals surface area contributed by atoms with Crippen molar-refractivity contribution in [3.05, 3.63) is 70.8 Å². The number of alkyl halides is 6.